The van der Waals surface area contributed by atoms with E-state index in [9.17, 15) is 14.4 Å². The summed E-state index contributed by atoms with van der Waals surface area (Å²) in [5, 5.41) is 0. The highest BCUT2D eigenvalue weighted by atomic mass is 16.6. The summed E-state index contributed by atoms with van der Waals surface area (Å²) in [5.41, 5.74) is 0. The van der Waals surface area contributed by atoms with Crippen molar-refractivity contribution in [1.29, 1.82) is 0 Å². The molecule has 0 aliphatic rings. The van der Waals surface area contributed by atoms with E-state index in [2.05, 4.69) is 112 Å². The summed E-state index contributed by atoms with van der Waals surface area (Å²) >= 11 is 0. The van der Waals surface area contributed by atoms with Crippen LogP contribution in [0.1, 0.15) is 207 Å². The predicted octanol–water partition coefficient (Wildman–Crippen LogP) is 17.5. The third-order valence-corrected chi connectivity index (χ3v) is 10.5. The number of unbranched alkanes of at least 4 members (excludes halogenated alkanes) is 18. The molecule has 1 unspecified atom stereocenters. The van der Waals surface area contributed by atoms with E-state index in [1.54, 1.807) is 0 Å². The second kappa shape index (κ2) is 53.2. The summed E-state index contributed by atoms with van der Waals surface area (Å²) in [7, 11) is 0. The first kappa shape index (κ1) is 61.5. The van der Waals surface area contributed by atoms with Crippen LogP contribution < -0.4 is 0 Å². The number of hydrogen-bond acceptors (Lipinski definition) is 6. The summed E-state index contributed by atoms with van der Waals surface area (Å²) in [4.78, 5) is 38.0. The second-order valence-electron chi connectivity index (χ2n) is 16.9. The van der Waals surface area contributed by atoms with E-state index in [0.717, 1.165) is 109 Å². The van der Waals surface area contributed by atoms with Gasteiger partial charge in [-0.3, -0.25) is 14.4 Å². The molecule has 6 heteroatoms. The van der Waals surface area contributed by atoms with Crippen molar-refractivity contribution < 1.29 is 28.6 Å². The van der Waals surface area contributed by atoms with Crippen LogP contribution in [0.15, 0.2) is 134 Å². The maximum Gasteiger partial charge on any atom is 0.306 e. The summed E-state index contributed by atoms with van der Waals surface area (Å²) in [6, 6.07) is 0. The molecule has 0 aromatic rings. The van der Waals surface area contributed by atoms with Gasteiger partial charge < -0.3 is 14.2 Å². The van der Waals surface area contributed by atoms with Crippen LogP contribution in [0, 0.1) is 0 Å². The Bertz CT molecular complexity index is 1460. The maximum absolute atomic E-state index is 12.8. The first-order chi connectivity index (χ1) is 32.5. The van der Waals surface area contributed by atoms with E-state index in [0.29, 0.717) is 19.3 Å². The molecule has 0 saturated heterocycles. The molecule has 0 spiro atoms. The van der Waals surface area contributed by atoms with Gasteiger partial charge >= 0.3 is 17.9 Å². The van der Waals surface area contributed by atoms with Gasteiger partial charge in [-0.15, -0.1) is 0 Å². The molecule has 0 bridgehead atoms. The maximum atomic E-state index is 12.8. The van der Waals surface area contributed by atoms with E-state index >= 15 is 0 Å². The molecule has 0 N–H and O–H groups in total. The van der Waals surface area contributed by atoms with Crippen molar-refractivity contribution in [3.05, 3.63) is 134 Å². The number of ether oxygens (including phenoxy) is 3. The fraction of sp³-hybridized carbons (Fsp3) is 0.583. The zero-order valence-electron chi connectivity index (χ0n) is 42.1. The molecule has 0 aliphatic heterocycles. The fourth-order valence-corrected chi connectivity index (χ4v) is 6.60. The number of carbonyl (C=O) groups excluding carboxylic acids is 3. The van der Waals surface area contributed by atoms with Crippen molar-refractivity contribution in [1.82, 2.24) is 0 Å². The Morgan fingerprint density at radius 2 is 0.697 bits per heavy atom. The Labute approximate surface area is 405 Å². The minimum Gasteiger partial charge on any atom is -0.462 e. The van der Waals surface area contributed by atoms with Gasteiger partial charge in [0, 0.05) is 19.3 Å². The van der Waals surface area contributed by atoms with Crippen molar-refractivity contribution in [3.63, 3.8) is 0 Å². The average molecular weight is 911 g/mol. The van der Waals surface area contributed by atoms with Crippen LogP contribution in [-0.2, 0) is 28.6 Å². The van der Waals surface area contributed by atoms with Crippen LogP contribution >= 0.6 is 0 Å². The van der Waals surface area contributed by atoms with E-state index in [4.69, 9.17) is 14.2 Å². The van der Waals surface area contributed by atoms with Crippen molar-refractivity contribution in [2.24, 2.45) is 0 Å². The van der Waals surface area contributed by atoms with Crippen molar-refractivity contribution in [2.75, 3.05) is 13.2 Å². The molecule has 0 radical (unpaired) electrons. The molecule has 370 valence electrons. The molecule has 0 heterocycles. The first-order valence-electron chi connectivity index (χ1n) is 26.3. The summed E-state index contributed by atoms with van der Waals surface area (Å²) in [6.45, 7) is 6.31. The van der Waals surface area contributed by atoms with Gasteiger partial charge in [-0.25, -0.2) is 0 Å². The lowest BCUT2D eigenvalue weighted by Crippen LogP contribution is -2.30. The van der Waals surface area contributed by atoms with Crippen molar-refractivity contribution in [3.8, 4) is 0 Å². The van der Waals surface area contributed by atoms with Crippen LogP contribution in [0.5, 0.6) is 0 Å². The Hall–Kier alpha value is -4.45. The van der Waals surface area contributed by atoms with E-state index in [1.165, 1.54) is 51.4 Å². The van der Waals surface area contributed by atoms with Crippen molar-refractivity contribution in [2.45, 2.75) is 213 Å². The van der Waals surface area contributed by atoms with E-state index < -0.39 is 6.10 Å². The van der Waals surface area contributed by atoms with Gasteiger partial charge in [0.2, 0.25) is 0 Å². The molecule has 6 nitrogen and oxygen atoms in total. The Morgan fingerprint density at radius 1 is 0.333 bits per heavy atom. The highest BCUT2D eigenvalue weighted by molar-refractivity contribution is 5.71. The number of allylic oxidation sites excluding steroid dienone is 22. The second-order valence-corrected chi connectivity index (χ2v) is 16.9. The third kappa shape index (κ3) is 50.5. The lowest BCUT2D eigenvalue weighted by Gasteiger charge is -2.18. The van der Waals surface area contributed by atoms with Gasteiger partial charge in [-0.1, -0.05) is 231 Å². The highest BCUT2D eigenvalue weighted by Gasteiger charge is 2.19. The van der Waals surface area contributed by atoms with Crippen LogP contribution in [0.25, 0.3) is 0 Å². The lowest BCUT2D eigenvalue weighted by molar-refractivity contribution is -0.167. The van der Waals surface area contributed by atoms with Gasteiger partial charge in [-0.2, -0.15) is 0 Å². The van der Waals surface area contributed by atoms with Crippen LogP contribution in [0.2, 0.25) is 0 Å². The van der Waals surface area contributed by atoms with Gasteiger partial charge in [0.05, 0.1) is 0 Å². The normalized spacial score (nSPS) is 13.2. The third-order valence-electron chi connectivity index (χ3n) is 10.5. The number of rotatable bonds is 45. The summed E-state index contributed by atoms with van der Waals surface area (Å²) in [5.74, 6) is -1.03. The molecule has 0 amide bonds. The predicted molar refractivity (Wildman–Crippen MR) is 283 cm³/mol. The zero-order chi connectivity index (χ0) is 47.9. The van der Waals surface area contributed by atoms with Crippen molar-refractivity contribution >= 4 is 17.9 Å². The Balaban J connectivity index is 4.57. The van der Waals surface area contributed by atoms with Gasteiger partial charge in [-0.05, 0) is 89.9 Å². The monoisotopic (exact) mass is 911 g/mol. The van der Waals surface area contributed by atoms with Crippen LogP contribution in [0.3, 0.4) is 0 Å². The SMILES string of the molecule is CC/C=C/C=C/C=C/CCCCCCCC(=O)OCC(COC(=O)CCCCCCC/C=C/C=C/C=C/C=C/C=C/CCC)OC(=O)CCC/C=C/C/C=C/C/C=C/CCCCCCCC. The lowest BCUT2D eigenvalue weighted by atomic mass is 10.1. The Morgan fingerprint density at radius 3 is 1.17 bits per heavy atom. The minimum absolute atomic E-state index is 0.122. The van der Waals surface area contributed by atoms with Gasteiger partial charge in [0.1, 0.15) is 13.2 Å². The quantitative estimate of drug-likeness (QED) is 0.0199. The van der Waals surface area contributed by atoms with E-state index in [1.807, 2.05) is 42.5 Å². The molecule has 0 aromatic heterocycles. The zero-order valence-corrected chi connectivity index (χ0v) is 42.1. The molecule has 0 rings (SSSR count). The standard InChI is InChI=1S/C60H94O6/c1-4-7-10-13-16-19-22-25-27-29-31-32-35-38-41-44-47-50-53-59(62)65-56-57(55-64-58(61)52-49-46-43-40-37-34-24-21-18-15-12-9-6-3)66-60(63)54-51-48-45-42-39-36-33-30-28-26-23-20-17-14-11-8-5-2/h9-10,12-13,15-16,18-19,21-22,24-29,31-33,36,42,45,57H,4-8,11,14,17,20,23,30,34-35,37-41,43-44,46-56H2,1-3H3/b12-9+,13-10+,18-15+,19-16+,24-21+,25-22+,28-26+,29-27+,32-31+,36-33+,45-42+. The van der Waals surface area contributed by atoms with Crippen LogP contribution in [-0.4, -0.2) is 37.2 Å². The molecule has 66 heavy (non-hydrogen) atoms. The molecule has 0 aromatic carbocycles. The number of carbonyl (C=O) groups is 3. The first-order valence-corrected chi connectivity index (χ1v) is 26.3. The van der Waals surface area contributed by atoms with Crippen LogP contribution in [0.4, 0.5) is 0 Å². The smallest absolute Gasteiger partial charge is 0.306 e. The molecule has 1 atom stereocenters. The molecule has 0 saturated carbocycles. The van der Waals surface area contributed by atoms with Gasteiger partial charge in [0.25, 0.3) is 0 Å². The average Bonchev–Trinajstić information content (AvgIpc) is 3.31. The Kier molecular flexibility index (Phi) is 49.6. The largest absolute Gasteiger partial charge is 0.462 e. The molecule has 0 fully saturated rings. The topological polar surface area (TPSA) is 78.9 Å². The number of esters is 3. The summed E-state index contributed by atoms with van der Waals surface area (Å²) < 4.78 is 16.7. The van der Waals surface area contributed by atoms with E-state index in [-0.39, 0.29) is 37.5 Å². The minimum atomic E-state index is -0.829. The molecular weight excluding hydrogens is 817 g/mol. The van der Waals surface area contributed by atoms with Gasteiger partial charge in [0.15, 0.2) is 6.10 Å². The fourth-order valence-electron chi connectivity index (χ4n) is 6.60. The molecular formula is C60H94O6. The number of hydrogen-bond donors (Lipinski definition) is 0. The molecule has 0 aliphatic carbocycles. The highest BCUT2D eigenvalue weighted by Crippen LogP contribution is 2.12. The summed E-state index contributed by atoms with van der Waals surface area (Å²) in [6.07, 6.45) is 74.3.